The largest absolute Gasteiger partial charge is 0.489 e. The normalized spacial score (nSPS) is 10.5. The molecule has 0 saturated carbocycles. The predicted octanol–water partition coefficient (Wildman–Crippen LogP) is 6.15. The molecule has 0 unspecified atom stereocenters. The molecule has 0 saturated heterocycles. The fourth-order valence-corrected chi connectivity index (χ4v) is 2.80. The number of hydrogen-bond acceptors (Lipinski definition) is 2. The monoisotopic (exact) mass is 351 g/mol. The zero-order chi connectivity index (χ0) is 17.6. The van der Waals surface area contributed by atoms with Gasteiger partial charge in [0.05, 0.1) is 0 Å². The van der Waals surface area contributed by atoms with Crippen molar-refractivity contribution in [2.45, 2.75) is 27.0 Å². The van der Waals surface area contributed by atoms with Gasteiger partial charge in [-0.15, -0.1) is 0 Å². The average molecular weight is 352 g/mol. The summed E-state index contributed by atoms with van der Waals surface area (Å²) in [6, 6.07) is 22.4. The van der Waals surface area contributed by atoms with Crippen LogP contribution in [0.1, 0.15) is 22.3 Å². The minimum atomic E-state index is 0.569. The van der Waals surface area contributed by atoms with Crippen molar-refractivity contribution in [3.05, 3.63) is 94.0 Å². The molecule has 3 heteroatoms. The lowest BCUT2D eigenvalue weighted by atomic mass is 10.1. The van der Waals surface area contributed by atoms with Crippen molar-refractivity contribution < 1.29 is 4.74 Å². The van der Waals surface area contributed by atoms with Crippen molar-refractivity contribution >= 4 is 17.3 Å². The molecule has 0 fully saturated rings. The molecule has 1 N–H and O–H groups in total. The fraction of sp³-hybridized carbons (Fsp3) is 0.182. The standard InChI is InChI=1S/C22H22ClNO/c1-16-7-3-4-9-19(16)15-25-22-10-6-5-8-18(22)14-24-20-12-11-17(2)21(23)13-20/h3-13,24H,14-15H2,1-2H3. The lowest BCUT2D eigenvalue weighted by Gasteiger charge is -2.14. The van der Waals surface area contributed by atoms with Crippen molar-refractivity contribution in [3.63, 3.8) is 0 Å². The molecule has 3 rings (SSSR count). The van der Waals surface area contributed by atoms with E-state index in [9.17, 15) is 0 Å². The number of rotatable bonds is 6. The molecule has 128 valence electrons. The Labute approximate surface area is 154 Å². The zero-order valence-electron chi connectivity index (χ0n) is 14.6. The second kappa shape index (κ2) is 8.09. The number of nitrogens with one attached hydrogen (secondary N) is 1. The minimum absolute atomic E-state index is 0.569. The maximum absolute atomic E-state index is 6.19. The Morgan fingerprint density at radius 2 is 1.56 bits per heavy atom. The van der Waals surface area contributed by atoms with Gasteiger partial charge in [0.25, 0.3) is 0 Å². The molecule has 0 heterocycles. The molecule has 25 heavy (non-hydrogen) atoms. The third-order valence-corrected chi connectivity index (χ3v) is 4.68. The number of benzene rings is 3. The molecule has 0 aliphatic carbocycles. The van der Waals surface area contributed by atoms with E-state index >= 15 is 0 Å². The highest BCUT2D eigenvalue weighted by Gasteiger charge is 2.05. The summed E-state index contributed by atoms with van der Waals surface area (Å²) in [6.45, 7) is 5.36. The third-order valence-electron chi connectivity index (χ3n) is 4.27. The lowest BCUT2D eigenvalue weighted by molar-refractivity contribution is 0.302. The summed E-state index contributed by atoms with van der Waals surface area (Å²) in [6.07, 6.45) is 0. The Morgan fingerprint density at radius 3 is 2.32 bits per heavy atom. The van der Waals surface area contributed by atoms with E-state index in [1.54, 1.807) is 0 Å². The summed E-state index contributed by atoms with van der Waals surface area (Å²) in [5.41, 5.74) is 5.65. The van der Waals surface area contributed by atoms with Crippen LogP contribution in [0, 0.1) is 13.8 Å². The van der Waals surface area contributed by atoms with Crippen molar-refractivity contribution in [2.75, 3.05) is 5.32 Å². The molecule has 3 aromatic rings. The Hall–Kier alpha value is -2.45. The van der Waals surface area contributed by atoms with E-state index < -0.39 is 0 Å². The molecule has 2 nitrogen and oxygen atoms in total. The lowest BCUT2D eigenvalue weighted by Crippen LogP contribution is -2.04. The maximum atomic E-state index is 6.19. The molecule has 0 bridgehead atoms. The first-order valence-corrected chi connectivity index (χ1v) is 8.76. The topological polar surface area (TPSA) is 21.3 Å². The van der Waals surface area contributed by atoms with Crippen LogP contribution in [0.3, 0.4) is 0 Å². The van der Waals surface area contributed by atoms with Gasteiger partial charge in [-0.1, -0.05) is 60.1 Å². The predicted molar refractivity (Wildman–Crippen MR) is 105 cm³/mol. The van der Waals surface area contributed by atoms with Gasteiger partial charge in [0.2, 0.25) is 0 Å². The average Bonchev–Trinajstić information content (AvgIpc) is 2.63. The van der Waals surface area contributed by atoms with E-state index in [4.69, 9.17) is 16.3 Å². The molecule has 0 aliphatic heterocycles. The van der Waals surface area contributed by atoms with E-state index in [0.717, 1.165) is 27.6 Å². The van der Waals surface area contributed by atoms with E-state index in [1.807, 2.05) is 55.5 Å². The number of ether oxygens (including phenoxy) is 1. The van der Waals surface area contributed by atoms with Crippen LogP contribution < -0.4 is 10.1 Å². The summed E-state index contributed by atoms with van der Waals surface area (Å²) in [4.78, 5) is 0. The molecule has 0 amide bonds. The SMILES string of the molecule is Cc1ccc(NCc2ccccc2OCc2ccccc2C)cc1Cl. The van der Waals surface area contributed by atoms with Gasteiger partial charge in [0.15, 0.2) is 0 Å². The third kappa shape index (κ3) is 4.55. The number of aryl methyl sites for hydroxylation is 2. The first-order chi connectivity index (χ1) is 12.1. The van der Waals surface area contributed by atoms with Crippen molar-refractivity contribution in [1.82, 2.24) is 0 Å². The Balaban J connectivity index is 1.68. The fourth-order valence-electron chi connectivity index (χ4n) is 2.62. The smallest absolute Gasteiger partial charge is 0.124 e. The van der Waals surface area contributed by atoms with Crippen LogP contribution in [0.25, 0.3) is 0 Å². The summed E-state index contributed by atoms with van der Waals surface area (Å²) < 4.78 is 6.07. The quantitative estimate of drug-likeness (QED) is 0.575. The van der Waals surface area contributed by atoms with Gasteiger partial charge in [-0.05, 0) is 48.7 Å². The maximum Gasteiger partial charge on any atom is 0.124 e. The van der Waals surface area contributed by atoms with Gasteiger partial charge in [-0.3, -0.25) is 0 Å². The van der Waals surface area contributed by atoms with Crippen LogP contribution in [0.4, 0.5) is 5.69 Å². The highest BCUT2D eigenvalue weighted by molar-refractivity contribution is 6.31. The van der Waals surface area contributed by atoms with Gasteiger partial charge in [0, 0.05) is 22.8 Å². The van der Waals surface area contributed by atoms with E-state index in [0.29, 0.717) is 13.2 Å². The first kappa shape index (κ1) is 17.4. The summed E-state index contributed by atoms with van der Waals surface area (Å²) in [5.74, 6) is 0.900. The van der Waals surface area contributed by atoms with Crippen LogP contribution >= 0.6 is 11.6 Å². The van der Waals surface area contributed by atoms with Crippen LogP contribution in [0.15, 0.2) is 66.7 Å². The Kier molecular flexibility index (Phi) is 5.62. The number of hydrogen-bond donors (Lipinski definition) is 1. The van der Waals surface area contributed by atoms with Crippen LogP contribution in [0.5, 0.6) is 5.75 Å². The van der Waals surface area contributed by atoms with E-state index in [-0.39, 0.29) is 0 Å². The van der Waals surface area contributed by atoms with Crippen LogP contribution in [-0.2, 0) is 13.2 Å². The van der Waals surface area contributed by atoms with Gasteiger partial charge < -0.3 is 10.1 Å². The first-order valence-electron chi connectivity index (χ1n) is 8.39. The van der Waals surface area contributed by atoms with Crippen molar-refractivity contribution in [3.8, 4) is 5.75 Å². The van der Waals surface area contributed by atoms with Crippen molar-refractivity contribution in [1.29, 1.82) is 0 Å². The zero-order valence-corrected chi connectivity index (χ0v) is 15.3. The van der Waals surface area contributed by atoms with Gasteiger partial charge in [-0.2, -0.15) is 0 Å². The number of halogens is 1. The highest BCUT2D eigenvalue weighted by Crippen LogP contribution is 2.24. The molecule has 0 spiro atoms. The molecule has 0 aromatic heterocycles. The molecule has 0 aliphatic rings. The molecule has 0 atom stereocenters. The summed E-state index contributed by atoms with van der Waals surface area (Å²) >= 11 is 6.19. The Bertz CT molecular complexity index is 860. The van der Waals surface area contributed by atoms with Crippen LogP contribution in [-0.4, -0.2) is 0 Å². The molecular weight excluding hydrogens is 330 g/mol. The minimum Gasteiger partial charge on any atom is -0.489 e. The Morgan fingerprint density at radius 1 is 0.840 bits per heavy atom. The summed E-state index contributed by atoms with van der Waals surface area (Å²) in [5, 5.41) is 4.19. The highest BCUT2D eigenvalue weighted by atomic mass is 35.5. The van der Waals surface area contributed by atoms with Gasteiger partial charge >= 0.3 is 0 Å². The van der Waals surface area contributed by atoms with Crippen molar-refractivity contribution in [2.24, 2.45) is 0 Å². The second-order valence-electron chi connectivity index (χ2n) is 6.14. The number of anilines is 1. The number of para-hydroxylation sites is 1. The molecule has 3 aromatic carbocycles. The van der Waals surface area contributed by atoms with Gasteiger partial charge in [-0.25, -0.2) is 0 Å². The summed E-state index contributed by atoms with van der Waals surface area (Å²) in [7, 11) is 0. The van der Waals surface area contributed by atoms with Gasteiger partial charge in [0.1, 0.15) is 12.4 Å². The van der Waals surface area contributed by atoms with E-state index in [2.05, 4.69) is 30.4 Å². The molecular formula is C22H22ClNO. The molecule has 0 radical (unpaired) electrons. The van der Waals surface area contributed by atoms with E-state index in [1.165, 1.54) is 11.1 Å². The second-order valence-corrected chi connectivity index (χ2v) is 6.55. The van der Waals surface area contributed by atoms with Crippen LogP contribution in [0.2, 0.25) is 5.02 Å².